The topological polar surface area (TPSA) is 42.2 Å². The lowest BCUT2D eigenvalue weighted by molar-refractivity contribution is 0.752. The standard InChI is InChI=1S/C9H15N3S/c1-6-7(2)13-9(11-6)12-4-3-8(10)5-12/h8H,3-5,10H2,1-2H3. The van der Waals surface area contributed by atoms with Gasteiger partial charge in [0, 0.05) is 24.0 Å². The van der Waals surface area contributed by atoms with Crippen molar-refractivity contribution in [1.82, 2.24) is 4.98 Å². The van der Waals surface area contributed by atoms with Gasteiger partial charge in [0.2, 0.25) is 0 Å². The molecule has 2 N–H and O–H groups in total. The van der Waals surface area contributed by atoms with Crippen molar-refractivity contribution in [3.05, 3.63) is 10.6 Å². The van der Waals surface area contributed by atoms with Crippen LogP contribution in [-0.4, -0.2) is 24.1 Å². The van der Waals surface area contributed by atoms with E-state index in [1.165, 1.54) is 4.88 Å². The van der Waals surface area contributed by atoms with Crippen LogP contribution >= 0.6 is 11.3 Å². The van der Waals surface area contributed by atoms with Gasteiger partial charge in [0.05, 0.1) is 5.69 Å². The van der Waals surface area contributed by atoms with E-state index in [2.05, 4.69) is 23.7 Å². The molecule has 0 amide bonds. The van der Waals surface area contributed by atoms with Crippen molar-refractivity contribution in [2.24, 2.45) is 5.73 Å². The van der Waals surface area contributed by atoms with E-state index in [1.807, 2.05) is 0 Å². The van der Waals surface area contributed by atoms with Crippen molar-refractivity contribution in [2.45, 2.75) is 26.3 Å². The van der Waals surface area contributed by atoms with Crippen LogP contribution in [0.25, 0.3) is 0 Å². The monoisotopic (exact) mass is 197 g/mol. The van der Waals surface area contributed by atoms with Gasteiger partial charge in [-0.3, -0.25) is 0 Å². The van der Waals surface area contributed by atoms with E-state index in [4.69, 9.17) is 5.73 Å². The highest BCUT2D eigenvalue weighted by atomic mass is 32.1. The molecule has 1 aliphatic heterocycles. The molecule has 1 saturated heterocycles. The second kappa shape index (κ2) is 3.27. The first-order valence-electron chi connectivity index (χ1n) is 4.61. The first-order chi connectivity index (χ1) is 6.16. The molecule has 1 aromatic heterocycles. The normalized spacial score (nSPS) is 22.7. The zero-order valence-electron chi connectivity index (χ0n) is 8.08. The molecule has 1 unspecified atom stereocenters. The Bertz CT molecular complexity index is 288. The molecule has 0 saturated carbocycles. The van der Waals surface area contributed by atoms with Crippen LogP contribution in [-0.2, 0) is 0 Å². The second-order valence-corrected chi connectivity index (χ2v) is 4.81. The Morgan fingerprint density at radius 1 is 1.54 bits per heavy atom. The number of thiazole rings is 1. The van der Waals surface area contributed by atoms with Gasteiger partial charge < -0.3 is 10.6 Å². The Labute approximate surface area is 82.6 Å². The minimum Gasteiger partial charge on any atom is -0.346 e. The molecular weight excluding hydrogens is 182 g/mol. The molecule has 1 fully saturated rings. The Morgan fingerprint density at radius 2 is 2.31 bits per heavy atom. The highest BCUT2D eigenvalue weighted by Gasteiger charge is 2.21. The van der Waals surface area contributed by atoms with Crippen LogP contribution in [0.4, 0.5) is 5.13 Å². The highest BCUT2D eigenvalue weighted by Crippen LogP contribution is 2.27. The summed E-state index contributed by atoms with van der Waals surface area (Å²) in [6.07, 6.45) is 1.09. The molecule has 3 nitrogen and oxygen atoms in total. The number of aromatic nitrogens is 1. The van der Waals surface area contributed by atoms with Crippen molar-refractivity contribution >= 4 is 16.5 Å². The van der Waals surface area contributed by atoms with Gasteiger partial charge >= 0.3 is 0 Å². The third kappa shape index (κ3) is 1.69. The van der Waals surface area contributed by atoms with E-state index < -0.39 is 0 Å². The van der Waals surface area contributed by atoms with Gasteiger partial charge in [-0.2, -0.15) is 0 Å². The summed E-state index contributed by atoms with van der Waals surface area (Å²) in [5.41, 5.74) is 7.00. The van der Waals surface area contributed by atoms with Crippen LogP contribution < -0.4 is 10.6 Å². The second-order valence-electron chi connectivity index (χ2n) is 3.63. The Kier molecular flexibility index (Phi) is 2.26. The number of hydrogen-bond donors (Lipinski definition) is 1. The van der Waals surface area contributed by atoms with Gasteiger partial charge in [0.1, 0.15) is 0 Å². The number of rotatable bonds is 1. The minimum atomic E-state index is 0.338. The molecule has 72 valence electrons. The summed E-state index contributed by atoms with van der Waals surface area (Å²) >= 11 is 1.77. The maximum Gasteiger partial charge on any atom is 0.185 e. The largest absolute Gasteiger partial charge is 0.346 e. The van der Waals surface area contributed by atoms with E-state index in [0.717, 1.165) is 30.3 Å². The van der Waals surface area contributed by atoms with Crippen LogP contribution in [0.5, 0.6) is 0 Å². The van der Waals surface area contributed by atoms with Gasteiger partial charge in [-0.1, -0.05) is 0 Å². The molecule has 13 heavy (non-hydrogen) atoms. The van der Waals surface area contributed by atoms with Crippen molar-refractivity contribution in [1.29, 1.82) is 0 Å². The van der Waals surface area contributed by atoms with Crippen molar-refractivity contribution in [3.8, 4) is 0 Å². The maximum absolute atomic E-state index is 5.84. The molecular formula is C9H15N3S. The minimum absolute atomic E-state index is 0.338. The lowest BCUT2D eigenvalue weighted by Gasteiger charge is -2.12. The van der Waals surface area contributed by atoms with Crippen molar-refractivity contribution < 1.29 is 0 Å². The van der Waals surface area contributed by atoms with Gasteiger partial charge in [-0.05, 0) is 20.3 Å². The number of anilines is 1. The predicted molar refractivity (Wildman–Crippen MR) is 56.4 cm³/mol. The number of nitrogens with zero attached hydrogens (tertiary/aromatic N) is 2. The molecule has 2 rings (SSSR count). The summed E-state index contributed by atoms with van der Waals surface area (Å²) in [6.45, 7) is 6.21. The van der Waals surface area contributed by atoms with Crippen molar-refractivity contribution in [2.75, 3.05) is 18.0 Å². The third-order valence-electron chi connectivity index (χ3n) is 2.51. The first kappa shape index (κ1) is 8.97. The summed E-state index contributed by atoms with van der Waals surface area (Å²) in [5, 5.41) is 1.14. The molecule has 4 heteroatoms. The van der Waals surface area contributed by atoms with Crippen LogP contribution in [0.15, 0.2) is 0 Å². The zero-order chi connectivity index (χ0) is 9.42. The lowest BCUT2D eigenvalue weighted by Crippen LogP contribution is -2.26. The summed E-state index contributed by atoms with van der Waals surface area (Å²) in [6, 6.07) is 0.338. The van der Waals surface area contributed by atoms with Gasteiger partial charge in [0.15, 0.2) is 5.13 Å². The smallest absolute Gasteiger partial charge is 0.185 e. The third-order valence-corrected chi connectivity index (χ3v) is 3.65. The van der Waals surface area contributed by atoms with E-state index in [1.54, 1.807) is 11.3 Å². The number of hydrogen-bond acceptors (Lipinski definition) is 4. The predicted octanol–water partition coefficient (Wildman–Crippen LogP) is 1.30. The fourth-order valence-electron chi connectivity index (χ4n) is 1.55. The summed E-state index contributed by atoms with van der Waals surface area (Å²) in [7, 11) is 0. The van der Waals surface area contributed by atoms with Crippen LogP contribution in [0, 0.1) is 13.8 Å². The average molecular weight is 197 g/mol. The van der Waals surface area contributed by atoms with Crippen LogP contribution in [0.2, 0.25) is 0 Å². The fourth-order valence-corrected chi connectivity index (χ4v) is 2.50. The van der Waals surface area contributed by atoms with Crippen LogP contribution in [0.3, 0.4) is 0 Å². The molecule has 0 aliphatic carbocycles. The van der Waals surface area contributed by atoms with E-state index in [0.29, 0.717) is 6.04 Å². The molecule has 1 aliphatic rings. The number of nitrogens with two attached hydrogens (primary N) is 1. The van der Waals surface area contributed by atoms with Gasteiger partial charge in [-0.25, -0.2) is 4.98 Å². The Hall–Kier alpha value is -0.610. The SMILES string of the molecule is Cc1nc(N2CCC(N)C2)sc1C. The Balaban J connectivity index is 2.17. The zero-order valence-corrected chi connectivity index (χ0v) is 8.90. The average Bonchev–Trinajstić information content (AvgIpc) is 2.61. The Morgan fingerprint density at radius 3 is 2.77 bits per heavy atom. The summed E-state index contributed by atoms with van der Waals surface area (Å²) < 4.78 is 0. The van der Waals surface area contributed by atoms with E-state index in [-0.39, 0.29) is 0 Å². The fraction of sp³-hybridized carbons (Fsp3) is 0.667. The van der Waals surface area contributed by atoms with Crippen molar-refractivity contribution in [3.63, 3.8) is 0 Å². The first-order valence-corrected chi connectivity index (χ1v) is 5.43. The van der Waals surface area contributed by atoms with Crippen LogP contribution in [0.1, 0.15) is 17.0 Å². The van der Waals surface area contributed by atoms with E-state index in [9.17, 15) is 0 Å². The molecule has 1 atom stereocenters. The summed E-state index contributed by atoms with van der Waals surface area (Å²) in [4.78, 5) is 8.12. The highest BCUT2D eigenvalue weighted by molar-refractivity contribution is 7.15. The molecule has 0 bridgehead atoms. The molecule has 0 aromatic carbocycles. The molecule has 0 spiro atoms. The molecule has 2 heterocycles. The summed E-state index contributed by atoms with van der Waals surface area (Å²) in [5.74, 6) is 0. The lowest BCUT2D eigenvalue weighted by atomic mass is 10.3. The van der Waals surface area contributed by atoms with Gasteiger partial charge in [-0.15, -0.1) is 11.3 Å². The van der Waals surface area contributed by atoms with Gasteiger partial charge in [0.25, 0.3) is 0 Å². The quantitative estimate of drug-likeness (QED) is 0.738. The maximum atomic E-state index is 5.84. The number of aryl methyl sites for hydroxylation is 2. The molecule has 0 radical (unpaired) electrons. The molecule has 1 aromatic rings. The van der Waals surface area contributed by atoms with E-state index >= 15 is 0 Å².